The molecule has 1 aliphatic rings. The number of anilines is 1. The Kier molecular flexibility index (Phi) is 4.98. The highest BCUT2D eigenvalue weighted by atomic mass is 19.4. The number of alkyl halides is 3. The lowest BCUT2D eigenvalue weighted by Crippen LogP contribution is -2.49. The quantitative estimate of drug-likeness (QED) is 0.854. The van der Waals surface area contributed by atoms with E-state index in [1.807, 2.05) is 18.7 Å². The molecule has 0 N–H and O–H groups in total. The van der Waals surface area contributed by atoms with Gasteiger partial charge < -0.3 is 9.80 Å². The zero-order chi connectivity index (χ0) is 16.3. The van der Waals surface area contributed by atoms with E-state index in [4.69, 9.17) is 0 Å². The van der Waals surface area contributed by atoms with Crippen molar-refractivity contribution >= 4 is 11.6 Å². The summed E-state index contributed by atoms with van der Waals surface area (Å²) < 4.78 is 38.3. The van der Waals surface area contributed by atoms with Crippen molar-refractivity contribution in [1.29, 1.82) is 0 Å². The molecular weight excluding hydrogens is 293 g/mol. The van der Waals surface area contributed by atoms with Gasteiger partial charge in [0.1, 0.15) is 0 Å². The smallest absolute Gasteiger partial charge is 0.368 e. The summed E-state index contributed by atoms with van der Waals surface area (Å²) >= 11 is 0. The predicted octanol–water partition coefficient (Wildman–Crippen LogP) is 3.40. The van der Waals surface area contributed by atoms with Gasteiger partial charge in [0, 0.05) is 38.3 Å². The number of benzene rings is 1. The summed E-state index contributed by atoms with van der Waals surface area (Å²) in [5.41, 5.74) is -0.0749. The van der Waals surface area contributed by atoms with Crippen LogP contribution < -0.4 is 4.90 Å². The normalized spacial score (nSPS) is 16.3. The van der Waals surface area contributed by atoms with Crippen molar-refractivity contribution in [3.8, 4) is 0 Å². The first kappa shape index (κ1) is 16.6. The second-order valence-corrected chi connectivity index (χ2v) is 6.01. The standard InChI is InChI=1S/C16H21F3N2O/c1-12(2)10-15(22)21-8-6-20(7-9-21)14-5-3-4-13(11-14)16(17,18)19/h3-5,11-12H,6-10H2,1-2H3. The third-order valence-electron chi connectivity index (χ3n) is 3.75. The fourth-order valence-electron chi connectivity index (χ4n) is 2.57. The molecule has 0 spiro atoms. The van der Waals surface area contributed by atoms with Crippen LogP contribution in [-0.2, 0) is 11.0 Å². The van der Waals surface area contributed by atoms with Gasteiger partial charge in [0.25, 0.3) is 0 Å². The summed E-state index contributed by atoms with van der Waals surface area (Å²) in [5, 5.41) is 0. The van der Waals surface area contributed by atoms with Gasteiger partial charge in [-0.3, -0.25) is 4.79 Å². The van der Waals surface area contributed by atoms with Gasteiger partial charge in [-0.1, -0.05) is 19.9 Å². The zero-order valence-corrected chi connectivity index (χ0v) is 12.9. The number of carbonyl (C=O) groups excluding carboxylic acids is 1. The Labute approximate surface area is 128 Å². The first-order valence-electron chi connectivity index (χ1n) is 7.47. The molecule has 2 rings (SSSR count). The maximum Gasteiger partial charge on any atom is 0.416 e. The molecule has 0 atom stereocenters. The van der Waals surface area contributed by atoms with Crippen molar-refractivity contribution in [1.82, 2.24) is 4.90 Å². The summed E-state index contributed by atoms with van der Waals surface area (Å²) in [7, 11) is 0. The van der Waals surface area contributed by atoms with Gasteiger partial charge >= 0.3 is 6.18 Å². The summed E-state index contributed by atoms with van der Waals surface area (Å²) in [5.74, 6) is 0.438. The van der Waals surface area contributed by atoms with Gasteiger partial charge in [0.2, 0.25) is 5.91 Å². The van der Waals surface area contributed by atoms with E-state index in [-0.39, 0.29) is 5.91 Å². The number of carbonyl (C=O) groups is 1. The SMILES string of the molecule is CC(C)CC(=O)N1CCN(c2cccc(C(F)(F)F)c2)CC1. The summed E-state index contributed by atoms with van der Waals surface area (Å²) in [6.07, 6.45) is -3.81. The molecule has 0 saturated carbocycles. The fourth-order valence-corrected chi connectivity index (χ4v) is 2.57. The van der Waals surface area contributed by atoms with Crippen LogP contribution in [0.5, 0.6) is 0 Å². The number of halogens is 3. The Morgan fingerprint density at radius 1 is 1.18 bits per heavy atom. The monoisotopic (exact) mass is 314 g/mol. The first-order valence-corrected chi connectivity index (χ1v) is 7.47. The van der Waals surface area contributed by atoms with Gasteiger partial charge in [-0.25, -0.2) is 0 Å². The molecule has 1 saturated heterocycles. The van der Waals surface area contributed by atoms with Crippen LogP contribution in [-0.4, -0.2) is 37.0 Å². The van der Waals surface area contributed by atoms with Crippen LogP contribution in [0.2, 0.25) is 0 Å². The summed E-state index contributed by atoms with van der Waals surface area (Å²) in [6, 6.07) is 5.35. The highest BCUT2D eigenvalue weighted by molar-refractivity contribution is 5.76. The van der Waals surface area contributed by atoms with E-state index >= 15 is 0 Å². The third kappa shape index (κ3) is 4.15. The second kappa shape index (κ2) is 6.58. The Hall–Kier alpha value is -1.72. The van der Waals surface area contributed by atoms with E-state index in [2.05, 4.69) is 0 Å². The largest absolute Gasteiger partial charge is 0.416 e. The fraction of sp³-hybridized carbons (Fsp3) is 0.562. The molecule has 1 amide bonds. The molecule has 0 aliphatic carbocycles. The Bertz CT molecular complexity index is 520. The van der Waals surface area contributed by atoms with Crippen molar-refractivity contribution < 1.29 is 18.0 Å². The van der Waals surface area contributed by atoms with Crippen molar-refractivity contribution in [3.63, 3.8) is 0 Å². The molecule has 0 aromatic heterocycles. The average molecular weight is 314 g/mol. The van der Waals surface area contributed by atoms with Gasteiger partial charge in [0.15, 0.2) is 0 Å². The van der Waals surface area contributed by atoms with E-state index in [0.29, 0.717) is 44.2 Å². The minimum absolute atomic E-state index is 0.124. The molecule has 122 valence electrons. The molecule has 0 radical (unpaired) electrons. The number of rotatable bonds is 3. The van der Waals surface area contributed by atoms with Crippen molar-refractivity contribution in [2.24, 2.45) is 5.92 Å². The Morgan fingerprint density at radius 2 is 1.82 bits per heavy atom. The maximum absolute atomic E-state index is 12.8. The lowest BCUT2D eigenvalue weighted by molar-refractivity contribution is -0.137. The van der Waals surface area contributed by atoms with Crippen molar-refractivity contribution in [2.45, 2.75) is 26.4 Å². The van der Waals surface area contributed by atoms with E-state index < -0.39 is 11.7 Å². The van der Waals surface area contributed by atoms with Crippen LogP contribution in [0.3, 0.4) is 0 Å². The number of nitrogens with zero attached hydrogens (tertiary/aromatic N) is 2. The molecule has 3 nitrogen and oxygen atoms in total. The summed E-state index contributed by atoms with van der Waals surface area (Å²) in [4.78, 5) is 15.7. The number of hydrogen-bond donors (Lipinski definition) is 0. The third-order valence-corrected chi connectivity index (χ3v) is 3.75. The van der Waals surface area contributed by atoms with Crippen LogP contribution in [0.15, 0.2) is 24.3 Å². The molecule has 6 heteroatoms. The number of amides is 1. The van der Waals surface area contributed by atoms with E-state index in [0.717, 1.165) is 6.07 Å². The minimum Gasteiger partial charge on any atom is -0.368 e. The highest BCUT2D eigenvalue weighted by Crippen LogP contribution is 2.31. The van der Waals surface area contributed by atoms with Crippen LogP contribution in [0.25, 0.3) is 0 Å². The van der Waals surface area contributed by atoms with Gasteiger partial charge in [-0.05, 0) is 24.1 Å². The molecule has 1 fully saturated rings. The van der Waals surface area contributed by atoms with E-state index in [1.165, 1.54) is 12.1 Å². The van der Waals surface area contributed by atoms with Crippen LogP contribution in [0, 0.1) is 5.92 Å². The molecule has 1 aliphatic heterocycles. The van der Waals surface area contributed by atoms with Crippen molar-refractivity contribution in [2.75, 3.05) is 31.1 Å². The first-order chi connectivity index (χ1) is 10.3. The topological polar surface area (TPSA) is 23.6 Å². The Balaban J connectivity index is 1.99. The molecule has 1 heterocycles. The number of piperazine rings is 1. The molecule has 0 unspecified atom stereocenters. The number of hydrogen-bond acceptors (Lipinski definition) is 2. The van der Waals surface area contributed by atoms with E-state index in [1.54, 1.807) is 11.0 Å². The molecule has 1 aromatic rings. The predicted molar refractivity (Wildman–Crippen MR) is 79.7 cm³/mol. The second-order valence-electron chi connectivity index (χ2n) is 6.01. The van der Waals surface area contributed by atoms with Crippen LogP contribution in [0.4, 0.5) is 18.9 Å². The van der Waals surface area contributed by atoms with Crippen molar-refractivity contribution in [3.05, 3.63) is 29.8 Å². The van der Waals surface area contributed by atoms with E-state index in [9.17, 15) is 18.0 Å². The molecular formula is C16H21F3N2O. The Morgan fingerprint density at radius 3 is 2.36 bits per heavy atom. The van der Waals surface area contributed by atoms with Gasteiger partial charge in [0.05, 0.1) is 5.56 Å². The van der Waals surface area contributed by atoms with Gasteiger partial charge in [-0.15, -0.1) is 0 Å². The molecule has 22 heavy (non-hydrogen) atoms. The molecule has 0 bridgehead atoms. The summed E-state index contributed by atoms with van der Waals surface area (Å²) in [6.45, 7) is 6.23. The van der Waals surface area contributed by atoms with Gasteiger partial charge in [-0.2, -0.15) is 13.2 Å². The highest BCUT2D eigenvalue weighted by Gasteiger charge is 2.31. The maximum atomic E-state index is 12.8. The zero-order valence-electron chi connectivity index (χ0n) is 12.9. The molecule has 1 aromatic carbocycles. The lowest BCUT2D eigenvalue weighted by atomic mass is 10.1. The van der Waals surface area contributed by atoms with Crippen LogP contribution >= 0.6 is 0 Å². The lowest BCUT2D eigenvalue weighted by Gasteiger charge is -2.36. The average Bonchev–Trinajstić information content (AvgIpc) is 2.46. The minimum atomic E-state index is -4.33. The van der Waals surface area contributed by atoms with Crippen LogP contribution in [0.1, 0.15) is 25.8 Å².